The third-order valence-corrected chi connectivity index (χ3v) is 5.78. The Morgan fingerprint density at radius 3 is 2.74 bits per heavy atom. The molecular formula is C20H23FN4O2. The lowest BCUT2D eigenvalue weighted by Crippen LogP contribution is -2.37. The van der Waals surface area contributed by atoms with E-state index in [-0.39, 0.29) is 35.5 Å². The highest BCUT2D eigenvalue weighted by Gasteiger charge is 2.49. The van der Waals surface area contributed by atoms with Crippen molar-refractivity contribution in [1.82, 2.24) is 19.6 Å². The first kappa shape index (κ1) is 17.7. The smallest absolute Gasteiger partial charge is 0.272 e. The van der Waals surface area contributed by atoms with E-state index in [9.17, 15) is 14.0 Å². The lowest BCUT2D eigenvalue weighted by Gasteiger charge is -2.29. The molecule has 4 rings (SSSR count). The molecule has 142 valence electrons. The number of benzene rings is 1. The van der Waals surface area contributed by atoms with E-state index in [1.54, 1.807) is 29.9 Å². The van der Waals surface area contributed by atoms with Crippen molar-refractivity contribution in [3.8, 4) is 0 Å². The minimum Gasteiger partial charge on any atom is -0.337 e. The largest absolute Gasteiger partial charge is 0.337 e. The van der Waals surface area contributed by atoms with Gasteiger partial charge in [0.1, 0.15) is 11.5 Å². The molecule has 2 aliphatic rings. The van der Waals surface area contributed by atoms with Crippen molar-refractivity contribution in [2.45, 2.75) is 26.4 Å². The molecule has 1 aromatic carbocycles. The first-order valence-corrected chi connectivity index (χ1v) is 9.33. The number of halogens is 1. The first-order valence-electron chi connectivity index (χ1n) is 9.33. The fraction of sp³-hybridized carbons (Fsp3) is 0.450. The fourth-order valence-electron chi connectivity index (χ4n) is 4.58. The zero-order valence-electron chi connectivity index (χ0n) is 15.5. The Morgan fingerprint density at radius 1 is 1.22 bits per heavy atom. The van der Waals surface area contributed by atoms with E-state index in [4.69, 9.17) is 0 Å². The number of likely N-dealkylation sites (tertiary alicyclic amines) is 2. The molecule has 1 aromatic heterocycles. The lowest BCUT2D eigenvalue weighted by molar-refractivity contribution is -0.130. The monoisotopic (exact) mass is 370 g/mol. The third-order valence-electron chi connectivity index (χ3n) is 5.78. The van der Waals surface area contributed by atoms with Crippen LogP contribution >= 0.6 is 0 Å². The van der Waals surface area contributed by atoms with E-state index >= 15 is 0 Å². The Bertz CT molecular complexity index is 880. The molecule has 0 N–H and O–H groups in total. The number of carbonyl (C=O) groups is 2. The van der Waals surface area contributed by atoms with Crippen LogP contribution in [-0.2, 0) is 11.3 Å². The summed E-state index contributed by atoms with van der Waals surface area (Å²) in [5, 5.41) is 4.18. The topological polar surface area (TPSA) is 58.4 Å². The molecule has 6 nitrogen and oxygen atoms in total. The van der Waals surface area contributed by atoms with Crippen LogP contribution < -0.4 is 0 Å². The summed E-state index contributed by atoms with van der Waals surface area (Å²) in [5.74, 6) is -0.0456. The van der Waals surface area contributed by atoms with Gasteiger partial charge in [0.25, 0.3) is 5.91 Å². The van der Waals surface area contributed by atoms with Crippen LogP contribution in [0.3, 0.4) is 0 Å². The molecule has 7 heteroatoms. The maximum Gasteiger partial charge on any atom is 0.272 e. The highest BCUT2D eigenvalue weighted by atomic mass is 19.1. The molecule has 2 saturated heterocycles. The van der Waals surface area contributed by atoms with Gasteiger partial charge in [-0.1, -0.05) is 12.1 Å². The lowest BCUT2D eigenvalue weighted by atomic mass is 9.89. The van der Waals surface area contributed by atoms with Crippen LogP contribution in [0.5, 0.6) is 0 Å². The van der Waals surface area contributed by atoms with Gasteiger partial charge < -0.3 is 9.80 Å². The number of hydrogen-bond acceptors (Lipinski definition) is 3. The quantitative estimate of drug-likeness (QED) is 0.833. The second-order valence-electron chi connectivity index (χ2n) is 7.34. The van der Waals surface area contributed by atoms with E-state index in [0.717, 1.165) is 5.56 Å². The Balaban J connectivity index is 1.60. The minimum absolute atomic E-state index is 0.0133. The van der Waals surface area contributed by atoms with E-state index in [0.29, 0.717) is 31.9 Å². The van der Waals surface area contributed by atoms with E-state index < -0.39 is 0 Å². The second kappa shape index (κ2) is 6.79. The number of hydrogen-bond donors (Lipinski definition) is 0. The van der Waals surface area contributed by atoms with Crippen LogP contribution in [0, 0.1) is 17.7 Å². The van der Waals surface area contributed by atoms with Gasteiger partial charge in [0, 0.05) is 51.1 Å². The normalized spacial score (nSPS) is 24.3. The van der Waals surface area contributed by atoms with Crippen LogP contribution in [0.2, 0.25) is 0 Å². The molecule has 2 amide bonds. The molecule has 3 heterocycles. The molecular weight excluding hydrogens is 347 g/mol. The average Bonchev–Trinajstić information content (AvgIpc) is 3.34. The summed E-state index contributed by atoms with van der Waals surface area (Å²) in [4.78, 5) is 28.8. The molecule has 2 fully saturated rings. The van der Waals surface area contributed by atoms with Gasteiger partial charge >= 0.3 is 0 Å². The van der Waals surface area contributed by atoms with Gasteiger partial charge in [0.15, 0.2) is 0 Å². The van der Waals surface area contributed by atoms with Gasteiger partial charge in [0.2, 0.25) is 5.91 Å². The third kappa shape index (κ3) is 3.01. The van der Waals surface area contributed by atoms with Crippen molar-refractivity contribution in [2.24, 2.45) is 11.8 Å². The predicted octanol–water partition coefficient (Wildman–Crippen LogP) is 2.33. The molecule has 0 unspecified atom stereocenters. The van der Waals surface area contributed by atoms with Crippen molar-refractivity contribution >= 4 is 11.8 Å². The number of amides is 2. The number of carbonyl (C=O) groups excluding carboxylic acids is 2. The number of fused-ring (bicyclic) bond motifs is 1. The zero-order chi connectivity index (χ0) is 19.1. The number of nitrogens with zero attached hydrogens (tertiary/aromatic N) is 4. The Morgan fingerprint density at radius 2 is 2.04 bits per heavy atom. The summed E-state index contributed by atoms with van der Waals surface area (Å²) in [6.45, 7) is 5.90. The van der Waals surface area contributed by atoms with Crippen LogP contribution in [0.25, 0.3) is 0 Å². The van der Waals surface area contributed by atoms with E-state index in [2.05, 4.69) is 5.10 Å². The van der Waals surface area contributed by atoms with Crippen molar-refractivity contribution in [1.29, 1.82) is 0 Å². The highest BCUT2D eigenvalue weighted by Crippen LogP contribution is 2.45. The molecule has 0 radical (unpaired) electrons. The summed E-state index contributed by atoms with van der Waals surface area (Å²) in [6, 6.07) is 7.99. The molecule has 2 aliphatic heterocycles. The summed E-state index contributed by atoms with van der Waals surface area (Å²) in [6.07, 6.45) is 1.64. The minimum atomic E-state index is -0.308. The molecule has 0 saturated carbocycles. The van der Waals surface area contributed by atoms with Crippen LogP contribution in [0.1, 0.15) is 35.9 Å². The van der Waals surface area contributed by atoms with Crippen LogP contribution in [-0.4, -0.2) is 51.0 Å². The van der Waals surface area contributed by atoms with Gasteiger partial charge in [-0.2, -0.15) is 5.10 Å². The predicted molar refractivity (Wildman–Crippen MR) is 97.3 cm³/mol. The molecule has 3 atom stereocenters. The Hall–Kier alpha value is -2.70. The Kier molecular flexibility index (Phi) is 4.45. The number of aryl methyl sites for hydroxylation is 1. The number of aromatic nitrogens is 2. The van der Waals surface area contributed by atoms with Crippen molar-refractivity contribution in [2.75, 3.05) is 19.6 Å². The Labute approximate surface area is 157 Å². The first-order chi connectivity index (χ1) is 13.0. The van der Waals surface area contributed by atoms with Crippen molar-refractivity contribution in [3.05, 3.63) is 53.6 Å². The number of rotatable bonds is 3. The summed E-state index contributed by atoms with van der Waals surface area (Å²) in [5.41, 5.74) is 1.38. The average molecular weight is 370 g/mol. The maximum absolute atomic E-state index is 13.8. The molecule has 27 heavy (non-hydrogen) atoms. The van der Waals surface area contributed by atoms with E-state index in [1.165, 1.54) is 12.1 Å². The molecule has 0 aliphatic carbocycles. The molecule has 0 bridgehead atoms. The van der Waals surface area contributed by atoms with E-state index in [1.807, 2.05) is 22.8 Å². The SMILES string of the molecule is CCn1nccc1C(=O)N1C[C@@H]2CN(C(C)=O)[C@H](c3cccc(F)c3)[C@@H]2C1. The highest BCUT2D eigenvalue weighted by molar-refractivity contribution is 5.92. The van der Waals surface area contributed by atoms with Gasteiger partial charge in [-0.05, 0) is 30.7 Å². The zero-order valence-corrected chi connectivity index (χ0v) is 15.5. The van der Waals surface area contributed by atoms with Gasteiger partial charge in [-0.15, -0.1) is 0 Å². The van der Waals surface area contributed by atoms with Gasteiger partial charge in [-0.25, -0.2) is 4.39 Å². The molecule has 0 spiro atoms. The molecule has 2 aromatic rings. The second-order valence-corrected chi connectivity index (χ2v) is 7.34. The van der Waals surface area contributed by atoms with Crippen LogP contribution in [0.15, 0.2) is 36.5 Å². The standard InChI is InChI=1S/C20H23FN4O2/c1-3-25-18(7-8-22-25)20(27)23-10-15-11-24(13(2)26)19(17(15)12-23)14-5-4-6-16(21)9-14/h4-9,15,17,19H,3,10-12H2,1-2H3/t15-,17-,19-/m1/s1. The van der Waals surface area contributed by atoms with Crippen molar-refractivity contribution < 1.29 is 14.0 Å². The van der Waals surface area contributed by atoms with Crippen LogP contribution in [0.4, 0.5) is 4.39 Å². The summed E-state index contributed by atoms with van der Waals surface area (Å²) >= 11 is 0. The summed E-state index contributed by atoms with van der Waals surface area (Å²) < 4.78 is 15.5. The summed E-state index contributed by atoms with van der Waals surface area (Å²) in [7, 11) is 0. The van der Waals surface area contributed by atoms with Gasteiger partial charge in [-0.3, -0.25) is 14.3 Å². The van der Waals surface area contributed by atoms with Crippen molar-refractivity contribution in [3.63, 3.8) is 0 Å². The van der Waals surface area contributed by atoms with Gasteiger partial charge in [0.05, 0.1) is 6.04 Å². The fourth-order valence-corrected chi connectivity index (χ4v) is 4.58. The maximum atomic E-state index is 13.8.